The van der Waals surface area contributed by atoms with Gasteiger partial charge in [-0.15, -0.1) is 5.10 Å². The molecule has 3 aromatic rings. The van der Waals surface area contributed by atoms with Gasteiger partial charge in [-0.3, -0.25) is 0 Å². The Hall–Kier alpha value is -3.43. The van der Waals surface area contributed by atoms with Crippen LogP contribution < -0.4 is 15.0 Å². The summed E-state index contributed by atoms with van der Waals surface area (Å²) in [4.78, 5) is 25.0. The monoisotopic (exact) mass is 368 g/mol. The Morgan fingerprint density at radius 2 is 2.00 bits per heavy atom. The molecule has 2 amide bonds. The Morgan fingerprint density at radius 1 is 1.19 bits per heavy atom. The SMILES string of the molecule is COc1cccc(NC(=O)N2CCN(c3ncnc4c3nnn4C)CC2)c1. The van der Waals surface area contributed by atoms with Crippen LogP contribution in [0.5, 0.6) is 5.75 Å². The molecule has 27 heavy (non-hydrogen) atoms. The first-order chi connectivity index (χ1) is 13.2. The number of anilines is 2. The van der Waals surface area contributed by atoms with Gasteiger partial charge < -0.3 is 19.9 Å². The van der Waals surface area contributed by atoms with Gasteiger partial charge in [-0.25, -0.2) is 19.4 Å². The number of hydrogen-bond donors (Lipinski definition) is 1. The molecular formula is C17H20N8O2. The predicted molar refractivity (Wildman–Crippen MR) is 99.9 cm³/mol. The van der Waals surface area contributed by atoms with Crippen LogP contribution in [0, 0.1) is 0 Å². The lowest BCUT2D eigenvalue weighted by atomic mass is 10.3. The minimum absolute atomic E-state index is 0.129. The third-order valence-electron chi connectivity index (χ3n) is 4.56. The van der Waals surface area contributed by atoms with Gasteiger partial charge in [-0.1, -0.05) is 11.3 Å². The molecule has 0 aliphatic carbocycles. The molecule has 0 unspecified atom stereocenters. The van der Waals surface area contributed by atoms with Crippen molar-refractivity contribution in [2.24, 2.45) is 7.05 Å². The van der Waals surface area contributed by atoms with Gasteiger partial charge in [0.05, 0.1) is 7.11 Å². The summed E-state index contributed by atoms with van der Waals surface area (Å²) < 4.78 is 6.81. The fraction of sp³-hybridized carbons (Fsp3) is 0.353. The minimum atomic E-state index is -0.129. The van der Waals surface area contributed by atoms with Crippen molar-refractivity contribution >= 4 is 28.7 Å². The Bertz CT molecular complexity index is 964. The molecule has 0 spiro atoms. The number of aromatic nitrogens is 5. The van der Waals surface area contributed by atoms with E-state index in [4.69, 9.17) is 4.74 Å². The normalized spacial score (nSPS) is 14.4. The van der Waals surface area contributed by atoms with Crippen molar-refractivity contribution in [3.63, 3.8) is 0 Å². The van der Waals surface area contributed by atoms with Crippen molar-refractivity contribution in [1.29, 1.82) is 0 Å². The number of urea groups is 1. The second-order valence-corrected chi connectivity index (χ2v) is 6.22. The van der Waals surface area contributed by atoms with Crippen LogP contribution in [0.25, 0.3) is 11.2 Å². The number of nitrogens with one attached hydrogen (secondary N) is 1. The van der Waals surface area contributed by atoms with Crippen molar-refractivity contribution in [2.45, 2.75) is 0 Å². The zero-order valence-corrected chi connectivity index (χ0v) is 15.2. The number of methoxy groups -OCH3 is 1. The van der Waals surface area contributed by atoms with E-state index in [2.05, 4.69) is 30.5 Å². The van der Waals surface area contributed by atoms with Crippen LogP contribution in [0.1, 0.15) is 0 Å². The summed E-state index contributed by atoms with van der Waals surface area (Å²) in [6.07, 6.45) is 1.52. The van der Waals surface area contributed by atoms with Crippen molar-refractivity contribution in [3.05, 3.63) is 30.6 Å². The van der Waals surface area contributed by atoms with Gasteiger partial charge in [0.15, 0.2) is 17.0 Å². The molecule has 1 fully saturated rings. The molecule has 0 atom stereocenters. The summed E-state index contributed by atoms with van der Waals surface area (Å²) in [5, 5.41) is 11.1. The zero-order chi connectivity index (χ0) is 18.8. The number of benzene rings is 1. The lowest BCUT2D eigenvalue weighted by molar-refractivity contribution is 0.208. The minimum Gasteiger partial charge on any atom is -0.497 e. The molecule has 1 aliphatic rings. The Morgan fingerprint density at radius 3 is 2.78 bits per heavy atom. The highest BCUT2D eigenvalue weighted by Crippen LogP contribution is 2.22. The topological polar surface area (TPSA) is 101 Å². The number of hydrogen-bond acceptors (Lipinski definition) is 7. The molecule has 1 aromatic carbocycles. The van der Waals surface area contributed by atoms with Crippen molar-refractivity contribution < 1.29 is 9.53 Å². The van der Waals surface area contributed by atoms with Crippen LogP contribution in [0.3, 0.4) is 0 Å². The summed E-state index contributed by atoms with van der Waals surface area (Å²) in [6, 6.07) is 7.18. The van der Waals surface area contributed by atoms with E-state index in [-0.39, 0.29) is 6.03 Å². The molecule has 0 bridgehead atoms. The van der Waals surface area contributed by atoms with Gasteiger partial charge in [0.2, 0.25) is 0 Å². The highest BCUT2D eigenvalue weighted by atomic mass is 16.5. The third kappa shape index (κ3) is 3.33. The molecule has 10 nitrogen and oxygen atoms in total. The van der Waals surface area contributed by atoms with Crippen LogP contribution in [-0.4, -0.2) is 69.2 Å². The summed E-state index contributed by atoms with van der Waals surface area (Å²) in [6.45, 7) is 2.49. The van der Waals surface area contributed by atoms with Gasteiger partial charge >= 0.3 is 6.03 Å². The average Bonchev–Trinajstić information content (AvgIpc) is 3.09. The van der Waals surface area contributed by atoms with Crippen LogP contribution >= 0.6 is 0 Å². The molecule has 140 valence electrons. The second-order valence-electron chi connectivity index (χ2n) is 6.22. The van der Waals surface area contributed by atoms with E-state index >= 15 is 0 Å². The van der Waals surface area contributed by atoms with Crippen LogP contribution in [0.4, 0.5) is 16.3 Å². The van der Waals surface area contributed by atoms with Crippen molar-refractivity contribution in [1.82, 2.24) is 29.9 Å². The highest BCUT2D eigenvalue weighted by molar-refractivity contribution is 5.90. The Kier molecular flexibility index (Phi) is 4.45. The maximum absolute atomic E-state index is 12.5. The van der Waals surface area contributed by atoms with Gasteiger partial charge in [0.1, 0.15) is 12.1 Å². The molecule has 3 heterocycles. The maximum Gasteiger partial charge on any atom is 0.321 e. The van der Waals surface area contributed by atoms with E-state index in [0.717, 1.165) is 5.82 Å². The largest absolute Gasteiger partial charge is 0.497 e. The van der Waals surface area contributed by atoms with E-state index in [1.54, 1.807) is 29.8 Å². The van der Waals surface area contributed by atoms with Crippen LogP contribution in [0.15, 0.2) is 30.6 Å². The fourth-order valence-corrected chi connectivity index (χ4v) is 3.10. The number of carbonyl (C=O) groups is 1. The number of amides is 2. The van der Waals surface area contributed by atoms with Crippen LogP contribution in [0.2, 0.25) is 0 Å². The standard InChI is InChI=1S/C17H20N8O2/c1-23-15-14(21-22-23)16(19-11-18-15)24-6-8-25(9-7-24)17(26)20-12-4-3-5-13(10-12)27-2/h3-5,10-11H,6-9H2,1-2H3,(H,20,26). The quantitative estimate of drug-likeness (QED) is 0.739. The van der Waals surface area contributed by atoms with Gasteiger partial charge in [-0.05, 0) is 12.1 Å². The van der Waals surface area contributed by atoms with Gasteiger partial charge in [0, 0.05) is 45.0 Å². The average molecular weight is 368 g/mol. The number of piperazine rings is 1. The van der Waals surface area contributed by atoms with Crippen molar-refractivity contribution in [2.75, 3.05) is 43.5 Å². The molecule has 0 saturated carbocycles. The molecule has 1 N–H and O–H groups in total. The maximum atomic E-state index is 12.5. The number of aryl methyl sites for hydroxylation is 1. The number of carbonyl (C=O) groups excluding carboxylic acids is 1. The number of ether oxygens (including phenoxy) is 1. The van der Waals surface area contributed by atoms with E-state index in [1.807, 2.05) is 18.2 Å². The van der Waals surface area contributed by atoms with Gasteiger partial charge in [0.25, 0.3) is 0 Å². The van der Waals surface area contributed by atoms with E-state index < -0.39 is 0 Å². The van der Waals surface area contributed by atoms with Crippen molar-refractivity contribution in [3.8, 4) is 5.75 Å². The lowest BCUT2D eigenvalue weighted by Gasteiger charge is -2.35. The number of nitrogens with zero attached hydrogens (tertiary/aromatic N) is 7. The molecular weight excluding hydrogens is 348 g/mol. The summed E-state index contributed by atoms with van der Waals surface area (Å²) in [7, 11) is 3.40. The first-order valence-electron chi connectivity index (χ1n) is 8.61. The third-order valence-corrected chi connectivity index (χ3v) is 4.56. The fourth-order valence-electron chi connectivity index (χ4n) is 3.10. The first kappa shape index (κ1) is 17.0. The highest BCUT2D eigenvalue weighted by Gasteiger charge is 2.24. The van der Waals surface area contributed by atoms with E-state index in [0.29, 0.717) is 48.8 Å². The van der Waals surface area contributed by atoms with E-state index in [9.17, 15) is 4.79 Å². The smallest absolute Gasteiger partial charge is 0.321 e. The summed E-state index contributed by atoms with van der Waals surface area (Å²) in [5.41, 5.74) is 2.08. The molecule has 1 saturated heterocycles. The summed E-state index contributed by atoms with van der Waals surface area (Å²) >= 11 is 0. The summed E-state index contributed by atoms with van der Waals surface area (Å²) in [5.74, 6) is 1.45. The molecule has 10 heteroatoms. The molecule has 1 aliphatic heterocycles. The number of fused-ring (bicyclic) bond motifs is 1. The lowest BCUT2D eigenvalue weighted by Crippen LogP contribution is -2.50. The molecule has 4 rings (SSSR count). The first-order valence-corrected chi connectivity index (χ1v) is 8.61. The second kappa shape index (κ2) is 7.06. The van der Waals surface area contributed by atoms with Gasteiger partial charge in [-0.2, -0.15) is 0 Å². The Labute approximate surface area is 155 Å². The number of rotatable bonds is 3. The van der Waals surface area contributed by atoms with Crippen LogP contribution in [-0.2, 0) is 7.05 Å². The molecule has 2 aromatic heterocycles. The molecule has 0 radical (unpaired) electrons. The Balaban J connectivity index is 1.41. The van der Waals surface area contributed by atoms with E-state index in [1.165, 1.54) is 6.33 Å². The zero-order valence-electron chi connectivity index (χ0n) is 15.2. The predicted octanol–water partition coefficient (Wildman–Crippen LogP) is 1.12.